The van der Waals surface area contributed by atoms with Crippen molar-refractivity contribution in [1.82, 2.24) is 4.90 Å². The number of carbonyl (C=O) groups excluding carboxylic acids is 1. The summed E-state index contributed by atoms with van der Waals surface area (Å²) < 4.78 is 5.69. The Kier molecular flexibility index (Phi) is 3.91. The Labute approximate surface area is 146 Å². The fourth-order valence-electron chi connectivity index (χ4n) is 4.60. The molecule has 3 atom stereocenters. The van der Waals surface area contributed by atoms with Crippen LogP contribution in [0, 0.1) is 11.8 Å². The maximum atomic E-state index is 12.9. The fourth-order valence-corrected chi connectivity index (χ4v) is 4.60. The predicted molar refractivity (Wildman–Crippen MR) is 94.5 cm³/mol. The van der Waals surface area contributed by atoms with Crippen molar-refractivity contribution in [2.45, 2.75) is 38.2 Å². The van der Waals surface area contributed by atoms with Crippen LogP contribution in [0.25, 0.3) is 11.0 Å². The lowest BCUT2D eigenvalue weighted by molar-refractivity contribution is -0.0609. The Morgan fingerprint density at radius 2 is 2.16 bits per heavy atom. The van der Waals surface area contributed by atoms with Crippen molar-refractivity contribution in [3.05, 3.63) is 46.3 Å². The van der Waals surface area contributed by atoms with Crippen molar-refractivity contribution < 1.29 is 14.3 Å². The molecule has 25 heavy (non-hydrogen) atoms. The minimum Gasteiger partial charge on any atom is -0.451 e. The van der Waals surface area contributed by atoms with Gasteiger partial charge in [0.05, 0.1) is 11.0 Å². The smallest absolute Gasteiger partial charge is 0.289 e. The zero-order chi connectivity index (χ0) is 17.6. The molecular formula is C20H23NO4. The fraction of sp³-hybridized carbons (Fsp3) is 0.500. The third-order valence-electron chi connectivity index (χ3n) is 6.06. The summed E-state index contributed by atoms with van der Waals surface area (Å²) in [6.45, 7) is 3.17. The number of carbonyl (C=O) groups is 1. The topological polar surface area (TPSA) is 70.8 Å². The van der Waals surface area contributed by atoms with E-state index in [0.29, 0.717) is 36.4 Å². The maximum Gasteiger partial charge on any atom is 0.289 e. The highest BCUT2D eigenvalue weighted by atomic mass is 16.3. The van der Waals surface area contributed by atoms with Gasteiger partial charge in [0.2, 0.25) is 0 Å². The molecule has 2 aliphatic rings. The van der Waals surface area contributed by atoms with Gasteiger partial charge >= 0.3 is 0 Å². The van der Waals surface area contributed by atoms with Crippen LogP contribution in [0.15, 0.2) is 39.5 Å². The molecule has 0 spiro atoms. The van der Waals surface area contributed by atoms with Gasteiger partial charge in [0.15, 0.2) is 11.2 Å². The standard InChI is InChI=1S/C20H23NO4/c1-2-20(24)9-5-6-13-11-21(12-15(13)20)19(23)18-10-16(22)14-7-3-4-8-17(14)25-18/h3-4,7-8,10,13,15,24H,2,5-6,9,11-12H2,1H3/t13-,15+,20-/m0/s1. The third kappa shape index (κ3) is 2.67. The molecule has 1 amide bonds. The number of fused-ring (bicyclic) bond motifs is 2. The second kappa shape index (κ2) is 5.99. The van der Waals surface area contributed by atoms with E-state index in [-0.39, 0.29) is 23.0 Å². The van der Waals surface area contributed by atoms with Crippen molar-refractivity contribution in [3.63, 3.8) is 0 Å². The first-order chi connectivity index (χ1) is 12.0. The number of benzene rings is 1. The molecule has 1 N–H and O–H groups in total. The molecule has 1 aromatic heterocycles. The molecule has 0 bridgehead atoms. The van der Waals surface area contributed by atoms with Crippen molar-refractivity contribution in [2.24, 2.45) is 11.8 Å². The van der Waals surface area contributed by atoms with E-state index in [1.807, 2.05) is 6.92 Å². The van der Waals surface area contributed by atoms with Crippen molar-refractivity contribution >= 4 is 16.9 Å². The van der Waals surface area contributed by atoms with Gasteiger partial charge in [0.1, 0.15) is 5.58 Å². The van der Waals surface area contributed by atoms with Crippen LogP contribution < -0.4 is 5.43 Å². The first-order valence-electron chi connectivity index (χ1n) is 9.06. The average Bonchev–Trinajstić information content (AvgIpc) is 3.07. The third-order valence-corrected chi connectivity index (χ3v) is 6.06. The van der Waals surface area contributed by atoms with Crippen LogP contribution in [0.3, 0.4) is 0 Å². The van der Waals surface area contributed by atoms with E-state index in [1.54, 1.807) is 29.2 Å². The Bertz CT molecular complexity index is 873. The summed E-state index contributed by atoms with van der Waals surface area (Å²) >= 11 is 0. The molecule has 2 heterocycles. The second-order valence-electron chi connectivity index (χ2n) is 7.40. The molecule has 132 valence electrons. The quantitative estimate of drug-likeness (QED) is 0.912. The molecule has 5 nitrogen and oxygen atoms in total. The maximum absolute atomic E-state index is 12.9. The molecule has 1 aliphatic heterocycles. The summed E-state index contributed by atoms with van der Waals surface area (Å²) in [5.74, 6) is 0.273. The van der Waals surface area contributed by atoms with E-state index in [9.17, 15) is 14.7 Å². The zero-order valence-corrected chi connectivity index (χ0v) is 14.4. The number of hydrogen-bond acceptors (Lipinski definition) is 4. The monoisotopic (exact) mass is 341 g/mol. The lowest BCUT2D eigenvalue weighted by Gasteiger charge is -2.40. The number of amides is 1. The molecule has 2 fully saturated rings. The number of hydrogen-bond donors (Lipinski definition) is 1. The van der Waals surface area contributed by atoms with Gasteiger partial charge in [-0.3, -0.25) is 9.59 Å². The van der Waals surface area contributed by atoms with Crippen LogP contribution in [-0.2, 0) is 0 Å². The van der Waals surface area contributed by atoms with Gasteiger partial charge in [-0.1, -0.05) is 25.5 Å². The van der Waals surface area contributed by atoms with Crippen LogP contribution in [-0.4, -0.2) is 34.6 Å². The van der Waals surface area contributed by atoms with E-state index in [1.165, 1.54) is 6.07 Å². The molecule has 0 radical (unpaired) electrons. The SMILES string of the molecule is CC[C@]1(O)CCC[C@H]2CN(C(=O)c3cc(=O)c4ccccc4o3)C[C@H]21. The van der Waals surface area contributed by atoms with Gasteiger partial charge < -0.3 is 14.4 Å². The Hall–Kier alpha value is -2.14. The Morgan fingerprint density at radius 1 is 1.36 bits per heavy atom. The highest BCUT2D eigenvalue weighted by molar-refractivity contribution is 5.93. The van der Waals surface area contributed by atoms with Crippen molar-refractivity contribution in [3.8, 4) is 0 Å². The van der Waals surface area contributed by atoms with Crippen LogP contribution in [0.5, 0.6) is 0 Å². The lowest BCUT2D eigenvalue weighted by Crippen LogP contribution is -2.44. The molecule has 1 saturated carbocycles. The number of aliphatic hydroxyl groups is 1. The normalized spacial score (nSPS) is 29.0. The van der Waals surface area contributed by atoms with Crippen LogP contribution in [0.2, 0.25) is 0 Å². The summed E-state index contributed by atoms with van der Waals surface area (Å²) in [6.07, 6.45) is 3.55. The van der Waals surface area contributed by atoms with Gasteiger partial charge in [-0.25, -0.2) is 0 Å². The van der Waals surface area contributed by atoms with E-state index in [4.69, 9.17) is 4.42 Å². The Morgan fingerprint density at radius 3 is 2.96 bits per heavy atom. The van der Waals surface area contributed by atoms with Crippen LogP contribution >= 0.6 is 0 Å². The molecule has 1 aliphatic carbocycles. The largest absolute Gasteiger partial charge is 0.451 e. The molecular weight excluding hydrogens is 318 g/mol. The summed E-state index contributed by atoms with van der Waals surface area (Å²) in [7, 11) is 0. The van der Waals surface area contributed by atoms with Gasteiger partial charge in [-0.15, -0.1) is 0 Å². The molecule has 0 unspecified atom stereocenters. The molecule has 1 saturated heterocycles. The van der Waals surface area contributed by atoms with Crippen molar-refractivity contribution in [2.75, 3.05) is 13.1 Å². The number of rotatable bonds is 2. The highest BCUT2D eigenvalue weighted by Gasteiger charge is 2.49. The first kappa shape index (κ1) is 16.3. The van der Waals surface area contributed by atoms with Crippen molar-refractivity contribution in [1.29, 1.82) is 0 Å². The van der Waals surface area contributed by atoms with E-state index >= 15 is 0 Å². The lowest BCUT2D eigenvalue weighted by atomic mass is 9.69. The highest BCUT2D eigenvalue weighted by Crippen LogP contribution is 2.44. The minimum absolute atomic E-state index is 0.0855. The summed E-state index contributed by atoms with van der Waals surface area (Å²) in [5, 5.41) is 11.4. The first-order valence-corrected chi connectivity index (χ1v) is 9.06. The summed E-state index contributed by atoms with van der Waals surface area (Å²) in [4.78, 5) is 26.9. The molecule has 1 aromatic carbocycles. The van der Waals surface area contributed by atoms with Crippen LogP contribution in [0.4, 0.5) is 0 Å². The van der Waals surface area contributed by atoms with Gasteiger partial charge in [0.25, 0.3) is 5.91 Å². The van der Waals surface area contributed by atoms with Gasteiger partial charge in [-0.05, 0) is 37.3 Å². The molecule has 4 rings (SSSR count). The molecule has 2 aromatic rings. The summed E-state index contributed by atoms with van der Waals surface area (Å²) in [5.41, 5.74) is -0.450. The van der Waals surface area contributed by atoms with E-state index in [0.717, 1.165) is 19.3 Å². The number of para-hydroxylation sites is 1. The number of nitrogens with zero attached hydrogens (tertiary/aromatic N) is 1. The summed E-state index contributed by atoms with van der Waals surface area (Å²) in [6, 6.07) is 8.25. The average molecular weight is 341 g/mol. The number of likely N-dealkylation sites (tertiary alicyclic amines) is 1. The minimum atomic E-state index is -0.678. The van der Waals surface area contributed by atoms with E-state index in [2.05, 4.69) is 0 Å². The van der Waals surface area contributed by atoms with Crippen LogP contribution in [0.1, 0.15) is 43.2 Å². The Balaban J connectivity index is 1.63. The van der Waals surface area contributed by atoms with Gasteiger partial charge in [0, 0.05) is 25.1 Å². The van der Waals surface area contributed by atoms with E-state index < -0.39 is 5.60 Å². The predicted octanol–water partition coefficient (Wildman–Crippen LogP) is 2.81. The zero-order valence-electron chi connectivity index (χ0n) is 14.4. The molecule has 5 heteroatoms. The second-order valence-corrected chi connectivity index (χ2v) is 7.40. The van der Waals surface area contributed by atoms with Gasteiger partial charge in [-0.2, -0.15) is 0 Å².